The van der Waals surface area contributed by atoms with Gasteiger partial charge >= 0.3 is 0 Å². The predicted octanol–water partition coefficient (Wildman–Crippen LogP) is 4.03. The predicted molar refractivity (Wildman–Crippen MR) is 84.5 cm³/mol. The van der Waals surface area contributed by atoms with Crippen LogP contribution in [0.3, 0.4) is 0 Å². The van der Waals surface area contributed by atoms with E-state index in [9.17, 15) is 4.79 Å². The van der Waals surface area contributed by atoms with Gasteiger partial charge in [0.05, 0.1) is 5.56 Å². The number of nitrogens with zero attached hydrogens (tertiary/aromatic N) is 1. The average Bonchev–Trinajstić information content (AvgIpc) is 2.92. The first-order chi connectivity index (χ1) is 9.49. The molecule has 0 heterocycles. The van der Waals surface area contributed by atoms with Crippen molar-refractivity contribution in [2.75, 3.05) is 19.4 Å². The van der Waals surface area contributed by atoms with Gasteiger partial charge in [-0.3, -0.25) is 4.79 Å². The molecule has 3 nitrogen and oxygen atoms in total. The van der Waals surface area contributed by atoms with Crippen molar-refractivity contribution in [3.8, 4) is 0 Å². The number of hydrogen-bond acceptors (Lipinski definition) is 2. The van der Waals surface area contributed by atoms with Gasteiger partial charge in [-0.2, -0.15) is 0 Å². The first kappa shape index (κ1) is 15.2. The SMILES string of the molecule is CC(Nc1cc(Cl)ccc1C(=O)N(C)C)C1CCCC1. The largest absolute Gasteiger partial charge is 0.382 e. The molecule has 0 spiro atoms. The highest BCUT2D eigenvalue weighted by molar-refractivity contribution is 6.31. The number of amides is 1. The third-order valence-electron chi connectivity index (χ3n) is 4.11. The van der Waals surface area contributed by atoms with Gasteiger partial charge in [-0.1, -0.05) is 24.4 Å². The number of carbonyl (C=O) groups is 1. The first-order valence-electron chi connectivity index (χ1n) is 7.27. The quantitative estimate of drug-likeness (QED) is 0.909. The van der Waals surface area contributed by atoms with Crippen LogP contribution in [0.25, 0.3) is 0 Å². The summed E-state index contributed by atoms with van der Waals surface area (Å²) >= 11 is 6.08. The van der Waals surface area contributed by atoms with E-state index < -0.39 is 0 Å². The highest BCUT2D eigenvalue weighted by atomic mass is 35.5. The van der Waals surface area contributed by atoms with Crippen LogP contribution >= 0.6 is 11.6 Å². The summed E-state index contributed by atoms with van der Waals surface area (Å²) in [5, 5.41) is 4.15. The van der Waals surface area contributed by atoms with E-state index in [0.717, 1.165) is 5.69 Å². The molecule has 0 saturated heterocycles. The van der Waals surface area contributed by atoms with Crippen LogP contribution in [-0.2, 0) is 0 Å². The zero-order chi connectivity index (χ0) is 14.7. The van der Waals surface area contributed by atoms with E-state index in [1.54, 1.807) is 31.1 Å². The highest BCUT2D eigenvalue weighted by Gasteiger charge is 2.23. The second-order valence-electron chi connectivity index (χ2n) is 5.87. The Labute approximate surface area is 126 Å². The Balaban J connectivity index is 2.20. The van der Waals surface area contributed by atoms with Gasteiger partial charge in [-0.25, -0.2) is 0 Å². The van der Waals surface area contributed by atoms with Crippen LogP contribution < -0.4 is 5.32 Å². The topological polar surface area (TPSA) is 32.3 Å². The van der Waals surface area contributed by atoms with E-state index in [2.05, 4.69) is 12.2 Å². The lowest BCUT2D eigenvalue weighted by Gasteiger charge is -2.24. The Bertz CT molecular complexity index is 481. The van der Waals surface area contributed by atoms with Gasteiger partial charge in [-0.15, -0.1) is 0 Å². The third kappa shape index (κ3) is 3.45. The van der Waals surface area contributed by atoms with Crippen molar-refractivity contribution in [3.63, 3.8) is 0 Å². The molecule has 2 rings (SSSR count). The summed E-state index contributed by atoms with van der Waals surface area (Å²) < 4.78 is 0. The van der Waals surface area contributed by atoms with E-state index >= 15 is 0 Å². The minimum atomic E-state index is 0.00258. The Morgan fingerprint density at radius 2 is 2.00 bits per heavy atom. The number of rotatable bonds is 4. The van der Waals surface area contributed by atoms with Gasteiger partial charge in [0.2, 0.25) is 0 Å². The van der Waals surface area contributed by atoms with Gasteiger partial charge in [0.25, 0.3) is 5.91 Å². The second kappa shape index (κ2) is 6.49. The number of halogens is 1. The van der Waals surface area contributed by atoms with E-state index in [4.69, 9.17) is 11.6 Å². The minimum Gasteiger partial charge on any atom is -0.382 e. The molecule has 0 radical (unpaired) electrons. The molecule has 0 bridgehead atoms. The summed E-state index contributed by atoms with van der Waals surface area (Å²) in [4.78, 5) is 13.8. The van der Waals surface area contributed by atoms with Crippen LogP contribution in [0, 0.1) is 5.92 Å². The summed E-state index contributed by atoms with van der Waals surface area (Å²) in [5.41, 5.74) is 1.53. The van der Waals surface area contributed by atoms with E-state index in [0.29, 0.717) is 22.5 Å². The smallest absolute Gasteiger partial charge is 0.255 e. The van der Waals surface area contributed by atoms with Crippen molar-refractivity contribution in [1.82, 2.24) is 4.90 Å². The third-order valence-corrected chi connectivity index (χ3v) is 4.34. The second-order valence-corrected chi connectivity index (χ2v) is 6.30. The van der Waals surface area contributed by atoms with Crippen molar-refractivity contribution in [3.05, 3.63) is 28.8 Å². The van der Waals surface area contributed by atoms with Crippen LogP contribution in [0.5, 0.6) is 0 Å². The van der Waals surface area contributed by atoms with Crippen molar-refractivity contribution < 1.29 is 4.79 Å². The van der Waals surface area contributed by atoms with Crippen LogP contribution in [0.1, 0.15) is 43.0 Å². The molecule has 1 aromatic carbocycles. The molecule has 1 aromatic rings. The van der Waals surface area contributed by atoms with E-state index in [1.165, 1.54) is 25.7 Å². The summed E-state index contributed by atoms with van der Waals surface area (Å²) in [6, 6.07) is 5.78. The molecule has 0 aliphatic heterocycles. The summed E-state index contributed by atoms with van der Waals surface area (Å²) in [6.45, 7) is 2.20. The standard InChI is InChI=1S/C16H23ClN2O/c1-11(12-6-4-5-7-12)18-15-10-13(17)8-9-14(15)16(20)19(2)3/h8-12,18H,4-7H2,1-3H3. The summed E-state index contributed by atoms with van der Waals surface area (Å²) in [7, 11) is 3.53. The maximum atomic E-state index is 12.2. The molecule has 110 valence electrons. The zero-order valence-electron chi connectivity index (χ0n) is 12.4. The van der Waals surface area contributed by atoms with Crippen LogP contribution in [0.15, 0.2) is 18.2 Å². The molecule has 1 aliphatic carbocycles. The van der Waals surface area contributed by atoms with Crippen LogP contribution in [-0.4, -0.2) is 30.9 Å². The minimum absolute atomic E-state index is 0.00258. The van der Waals surface area contributed by atoms with E-state index in [1.807, 2.05) is 6.07 Å². The van der Waals surface area contributed by atoms with Crippen molar-refractivity contribution in [2.24, 2.45) is 5.92 Å². The molecule has 1 fully saturated rings. The fraction of sp³-hybridized carbons (Fsp3) is 0.562. The van der Waals surface area contributed by atoms with Gasteiger partial charge in [0, 0.05) is 30.8 Å². The Hall–Kier alpha value is -1.22. The zero-order valence-corrected chi connectivity index (χ0v) is 13.2. The molecule has 1 N–H and O–H groups in total. The van der Waals surface area contributed by atoms with Crippen LogP contribution in [0.4, 0.5) is 5.69 Å². The number of benzene rings is 1. The maximum Gasteiger partial charge on any atom is 0.255 e. The molecule has 1 atom stereocenters. The molecular formula is C16H23ClN2O. The number of anilines is 1. The Kier molecular flexibility index (Phi) is 4.92. The monoisotopic (exact) mass is 294 g/mol. The van der Waals surface area contributed by atoms with Gasteiger partial charge in [0.1, 0.15) is 0 Å². The Morgan fingerprint density at radius 3 is 2.60 bits per heavy atom. The summed E-state index contributed by atoms with van der Waals surface area (Å²) in [5.74, 6) is 0.694. The molecular weight excluding hydrogens is 272 g/mol. The van der Waals surface area contributed by atoms with Gasteiger partial charge in [-0.05, 0) is 43.9 Å². The van der Waals surface area contributed by atoms with Crippen molar-refractivity contribution >= 4 is 23.2 Å². The lowest BCUT2D eigenvalue weighted by atomic mass is 9.99. The molecule has 0 aromatic heterocycles. The van der Waals surface area contributed by atoms with Crippen molar-refractivity contribution in [2.45, 2.75) is 38.6 Å². The van der Waals surface area contributed by atoms with Crippen molar-refractivity contribution in [1.29, 1.82) is 0 Å². The first-order valence-corrected chi connectivity index (χ1v) is 7.64. The average molecular weight is 295 g/mol. The highest BCUT2D eigenvalue weighted by Crippen LogP contribution is 2.31. The molecule has 1 aliphatic rings. The summed E-state index contributed by atoms with van der Waals surface area (Å²) in [6.07, 6.45) is 5.17. The normalized spacial score (nSPS) is 17.0. The molecule has 1 unspecified atom stereocenters. The number of nitrogens with one attached hydrogen (secondary N) is 1. The van der Waals surface area contributed by atoms with Crippen LogP contribution in [0.2, 0.25) is 5.02 Å². The van der Waals surface area contributed by atoms with Gasteiger partial charge in [0.15, 0.2) is 0 Å². The lowest BCUT2D eigenvalue weighted by molar-refractivity contribution is 0.0828. The Morgan fingerprint density at radius 1 is 1.35 bits per heavy atom. The molecule has 20 heavy (non-hydrogen) atoms. The molecule has 4 heteroatoms. The number of hydrogen-bond donors (Lipinski definition) is 1. The van der Waals surface area contributed by atoms with E-state index in [-0.39, 0.29) is 5.91 Å². The molecule has 1 saturated carbocycles. The van der Waals surface area contributed by atoms with Gasteiger partial charge < -0.3 is 10.2 Å². The maximum absolute atomic E-state index is 12.2. The molecule has 1 amide bonds. The fourth-order valence-corrected chi connectivity index (χ4v) is 3.06. The lowest BCUT2D eigenvalue weighted by Crippen LogP contribution is -2.27. The fourth-order valence-electron chi connectivity index (χ4n) is 2.88. The number of carbonyl (C=O) groups excluding carboxylic acids is 1.